The molecule has 0 radical (unpaired) electrons. The fourth-order valence-corrected chi connectivity index (χ4v) is 3.06. The summed E-state index contributed by atoms with van der Waals surface area (Å²) in [6.07, 6.45) is -0.824. The minimum Gasteiger partial charge on any atom is -0.480 e. The molecule has 1 fully saturated rings. The van der Waals surface area contributed by atoms with Crippen molar-refractivity contribution in [2.75, 3.05) is 6.54 Å². The van der Waals surface area contributed by atoms with E-state index in [1.807, 2.05) is 36.4 Å². The van der Waals surface area contributed by atoms with Gasteiger partial charge in [0.25, 0.3) is 0 Å². The van der Waals surface area contributed by atoms with E-state index in [9.17, 15) is 19.8 Å². The Morgan fingerprint density at radius 2 is 1.68 bits per heavy atom. The highest BCUT2D eigenvalue weighted by Crippen LogP contribution is 2.36. The Hall–Kier alpha value is -2.86. The van der Waals surface area contributed by atoms with E-state index in [2.05, 4.69) is 0 Å². The van der Waals surface area contributed by atoms with Gasteiger partial charge in [-0.3, -0.25) is 4.90 Å². The molecule has 3 rings (SSSR count). The summed E-state index contributed by atoms with van der Waals surface area (Å²) in [5.41, 5.74) is -0.0179. The van der Waals surface area contributed by atoms with Gasteiger partial charge in [-0.05, 0) is 11.1 Å². The molecular weight excluding hydrogens is 322 g/mol. The lowest BCUT2D eigenvalue weighted by Crippen LogP contribution is -2.41. The maximum atomic E-state index is 12.4. The average Bonchev–Trinajstić information content (AvgIpc) is 3.01. The van der Waals surface area contributed by atoms with Gasteiger partial charge in [0.1, 0.15) is 18.2 Å². The van der Waals surface area contributed by atoms with Crippen molar-refractivity contribution < 1.29 is 24.5 Å². The molecule has 0 saturated carbocycles. The number of aliphatic hydroxyl groups is 1. The molecule has 130 valence electrons. The molecule has 2 aromatic rings. The summed E-state index contributed by atoms with van der Waals surface area (Å²) in [4.78, 5) is 25.0. The largest absolute Gasteiger partial charge is 0.480 e. The molecule has 0 bridgehead atoms. The lowest BCUT2D eigenvalue weighted by Gasteiger charge is -2.23. The van der Waals surface area contributed by atoms with Crippen molar-refractivity contribution in [3.05, 3.63) is 71.8 Å². The predicted octanol–water partition coefficient (Wildman–Crippen LogP) is 2.37. The molecule has 1 saturated heterocycles. The zero-order chi connectivity index (χ0) is 17.9. The number of nitrogens with zero attached hydrogens (tertiary/aromatic N) is 1. The van der Waals surface area contributed by atoms with Crippen LogP contribution in [-0.2, 0) is 21.7 Å². The number of carbonyl (C=O) groups excluding carboxylic acids is 1. The van der Waals surface area contributed by atoms with Crippen LogP contribution in [0.4, 0.5) is 4.79 Å². The third-order valence-corrected chi connectivity index (χ3v) is 4.38. The Bertz CT molecular complexity index is 749. The van der Waals surface area contributed by atoms with Crippen LogP contribution in [0.3, 0.4) is 0 Å². The third kappa shape index (κ3) is 3.64. The second kappa shape index (κ2) is 6.94. The SMILES string of the molecule is O=C(O)[C@@H]1C[C@@](O)(c2ccccc2)CN1C(=O)OCc1ccccc1. The fourth-order valence-electron chi connectivity index (χ4n) is 3.06. The van der Waals surface area contributed by atoms with Crippen LogP contribution in [0.5, 0.6) is 0 Å². The first-order chi connectivity index (χ1) is 12.0. The molecule has 1 aliphatic rings. The van der Waals surface area contributed by atoms with E-state index < -0.39 is 23.7 Å². The normalized spacial score (nSPS) is 22.6. The second-order valence-electron chi connectivity index (χ2n) is 6.12. The van der Waals surface area contributed by atoms with Gasteiger partial charge in [0.05, 0.1) is 6.54 Å². The summed E-state index contributed by atoms with van der Waals surface area (Å²) in [7, 11) is 0. The molecular formula is C19H19NO5. The van der Waals surface area contributed by atoms with Crippen LogP contribution in [-0.4, -0.2) is 39.8 Å². The Labute approximate surface area is 145 Å². The summed E-state index contributed by atoms with van der Waals surface area (Å²) in [6, 6.07) is 16.8. The number of carboxylic acid groups (broad SMARTS) is 1. The quantitative estimate of drug-likeness (QED) is 0.891. The molecule has 2 aromatic carbocycles. The number of hydrogen-bond acceptors (Lipinski definition) is 4. The highest BCUT2D eigenvalue weighted by atomic mass is 16.6. The third-order valence-electron chi connectivity index (χ3n) is 4.38. The minimum absolute atomic E-state index is 0.0479. The summed E-state index contributed by atoms with van der Waals surface area (Å²) < 4.78 is 5.23. The van der Waals surface area contributed by atoms with Gasteiger partial charge in [0.2, 0.25) is 0 Å². The number of amides is 1. The average molecular weight is 341 g/mol. The number of β-amino-alcohol motifs (C(OH)–C–C–N with tert-alkyl or cyclic N) is 1. The van der Waals surface area contributed by atoms with Crippen LogP contribution in [0.1, 0.15) is 17.5 Å². The van der Waals surface area contributed by atoms with E-state index in [1.54, 1.807) is 24.3 Å². The van der Waals surface area contributed by atoms with Crippen LogP contribution in [0.2, 0.25) is 0 Å². The van der Waals surface area contributed by atoms with Crippen LogP contribution in [0.15, 0.2) is 60.7 Å². The number of carboxylic acids is 1. The van der Waals surface area contributed by atoms with Gasteiger partial charge in [-0.2, -0.15) is 0 Å². The van der Waals surface area contributed by atoms with E-state index in [4.69, 9.17) is 4.74 Å². The number of benzene rings is 2. The van der Waals surface area contributed by atoms with Gasteiger partial charge in [0, 0.05) is 6.42 Å². The van der Waals surface area contributed by atoms with Crippen LogP contribution in [0.25, 0.3) is 0 Å². The molecule has 1 heterocycles. The molecule has 1 amide bonds. The molecule has 0 aromatic heterocycles. The summed E-state index contributed by atoms with van der Waals surface area (Å²) in [5, 5.41) is 20.3. The number of ether oxygens (including phenoxy) is 1. The zero-order valence-electron chi connectivity index (χ0n) is 13.5. The van der Waals surface area contributed by atoms with Crippen molar-refractivity contribution in [3.8, 4) is 0 Å². The maximum absolute atomic E-state index is 12.4. The van der Waals surface area contributed by atoms with Crippen molar-refractivity contribution >= 4 is 12.1 Å². The van der Waals surface area contributed by atoms with E-state index in [-0.39, 0.29) is 19.6 Å². The van der Waals surface area contributed by atoms with Gasteiger partial charge in [0.15, 0.2) is 0 Å². The minimum atomic E-state index is -1.41. The summed E-state index contributed by atoms with van der Waals surface area (Å²) in [6.45, 7) is -0.0755. The Kier molecular flexibility index (Phi) is 4.72. The van der Waals surface area contributed by atoms with Gasteiger partial charge in [-0.1, -0.05) is 60.7 Å². The standard InChI is InChI=1S/C19H19NO5/c21-17(22)16-11-19(24,15-9-5-2-6-10-15)13-20(16)18(23)25-12-14-7-3-1-4-8-14/h1-10,16,24H,11-13H2,(H,21,22)/t16-,19-/m0/s1. The molecule has 25 heavy (non-hydrogen) atoms. The van der Waals surface area contributed by atoms with Crippen LogP contribution in [0, 0.1) is 0 Å². The van der Waals surface area contributed by atoms with Crippen molar-refractivity contribution in [1.82, 2.24) is 4.90 Å². The zero-order valence-corrected chi connectivity index (χ0v) is 13.5. The van der Waals surface area contributed by atoms with E-state index in [0.717, 1.165) is 10.5 Å². The lowest BCUT2D eigenvalue weighted by atomic mass is 9.91. The molecule has 1 aliphatic heterocycles. The highest BCUT2D eigenvalue weighted by Gasteiger charge is 2.49. The van der Waals surface area contributed by atoms with E-state index >= 15 is 0 Å². The summed E-state index contributed by atoms with van der Waals surface area (Å²) >= 11 is 0. The van der Waals surface area contributed by atoms with Crippen molar-refractivity contribution in [2.24, 2.45) is 0 Å². The van der Waals surface area contributed by atoms with Crippen molar-refractivity contribution in [1.29, 1.82) is 0 Å². The topological polar surface area (TPSA) is 87.1 Å². The molecule has 2 N–H and O–H groups in total. The second-order valence-corrected chi connectivity index (χ2v) is 6.12. The fraction of sp³-hybridized carbons (Fsp3) is 0.263. The molecule has 6 heteroatoms. The monoisotopic (exact) mass is 341 g/mol. The van der Waals surface area contributed by atoms with Crippen molar-refractivity contribution in [2.45, 2.75) is 24.7 Å². The first-order valence-electron chi connectivity index (χ1n) is 7.98. The predicted molar refractivity (Wildman–Crippen MR) is 89.7 cm³/mol. The molecule has 0 aliphatic carbocycles. The van der Waals surface area contributed by atoms with E-state index in [0.29, 0.717) is 5.56 Å². The van der Waals surface area contributed by atoms with Crippen LogP contribution >= 0.6 is 0 Å². The number of carbonyl (C=O) groups is 2. The smallest absolute Gasteiger partial charge is 0.410 e. The Morgan fingerprint density at radius 1 is 1.08 bits per heavy atom. The number of aliphatic carboxylic acids is 1. The molecule has 6 nitrogen and oxygen atoms in total. The Balaban J connectivity index is 1.75. The van der Waals surface area contributed by atoms with Gasteiger partial charge in [-0.15, -0.1) is 0 Å². The Morgan fingerprint density at radius 3 is 2.28 bits per heavy atom. The van der Waals surface area contributed by atoms with Crippen LogP contribution < -0.4 is 0 Å². The number of rotatable bonds is 4. The number of hydrogen-bond donors (Lipinski definition) is 2. The molecule has 0 spiro atoms. The number of likely N-dealkylation sites (tertiary alicyclic amines) is 1. The lowest BCUT2D eigenvalue weighted by molar-refractivity contribution is -0.141. The summed E-state index contributed by atoms with van der Waals surface area (Å²) in [5.74, 6) is -1.16. The van der Waals surface area contributed by atoms with Crippen molar-refractivity contribution in [3.63, 3.8) is 0 Å². The van der Waals surface area contributed by atoms with Gasteiger partial charge in [-0.25, -0.2) is 9.59 Å². The first kappa shape index (κ1) is 17.0. The molecule has 2 atom stereocenters. The van der Waals surface area contributed by atoms with Gasteiger partial charge < -0.3 is 14.9 Å². The van der Waals surface area contributed by atoms with E-state index in [1.165, 1.54) is 0 Å². The molecule has 0 unspecified atom stereocenters. The van der Waals surface area contributed by atoms with Gasteiger partial charge >= 0.3 is 12.1 Å². The maximum Gasteiger partial charge on any atom is 0.410 e. The highest BCUT2D eigenvalue weighted by molar-refractivity contribution is 5.81. The first-order valence-corrected chi connectivity index (χ1v) is 7.98.